The van der Waals surface area contributed by atoms with Crippen LogP contribution in [-0.2, 0) is 63.3 Å². The monoisotopic (exact) mass is 2040 g/mol. The first-order valence-corrected chi connectivity index (χ1v) is 46.5. The van der Waals surface area contributed by atoms with Gasteiger partial charge >= 0.3 is 35.8 Å². The number of aliphatic hydroxyl groups is 1. The number of thioether (sulfide) groups is 6. The predicted octanol–water partition coefficient (Wildman–Crippen LogP) is 16.6. The molecule has 0 radical (unpaired) electrons. The van der Waals surface area contributed by atoms with Gasteiger partial charge in [-0.25, -0.2) is 34.7 Å². The van der Waals surface area contributed by atoms with Gasteiger partial charge in [-0.1, -0.05) is 163 Å². The van der Waals surface area contributed by atoms with Crippen LogP contribution in [0.4, 0.5) is 0 Å². The van der Waals surface area contributed by atoms with Gasteiger partial charge in [0.2, 0.25) is 35.3 Å². The number of halogens is 8. The first-order valence-electron chi connectivity index (χ1n) is 37.6. The van der Waals surface area contributed by atoms with Crippen molar-refractivity contribution in [2.45, 2.75) is 149 Å². The van der Waals surface area contributed by atoms with Crippen LogP contribution in [0.2, 0.25) is 40.2 Å². The van der Waals surface area contributed by atoms with Crippen molar-refractivity contribution in [3.05, 3.63) is 241 Å². The molecule has 0 atom stereocenters. The SMILES string of the molecule is CC(=O)Oc1cc(C)nc(SCc2c(C)cncc2Cl)n1.CC(=O)Oc1cc(C)nc(SCc2c(Cl)cncc2Cl)n1.Cc1cc(OC(=O)CN)nc(SCc2c(C)cncc2Cl)n1.Cc1cc(OC(=O)CN)nc(SCc2c(C)cncc2Cl)n1.Cc1cc(OC(=O)CN)nc(SCc2c(Cl)cncc2Cl)n1.Cc1cc(OC(=O)CO)nc(SCc2c(C)cncc2Cl)n1. The molecule has 48 heteroatoms. The average Bonchev–Trinajstić information content (AvgIpc) is 0.864. The minimum atomic E-state index is -0.762. The summed E-state index contributed by atoms with van der Waals surface area (Å²) in [7, 11) is 0. The molecular formula is C82H81Cl8N21O13S6. The number of rotatable bonds is 28. The third kappa shape index (κ3) is 37.6. The van der Waals surface area contributed by atoms with Crippen molar-refractivity contribution in [2.75, 3.05) is 26.2 Å². The molecule has 7 N–H and O–H groups in total. The summed E-state index contributed by atoms with van der Waals surface area (Å²) in [6.07, 6.45) is 19.6. The summed E-state index contributed by atoms with van der Waals surface area (Å²) < 4.78 is 29.9. The molecule has 0 aliphatic heterocycles. The summed E-state index contributed by atoms with van der Waals surface area (Å²) in [6.45, 7) is 19.9. The molecule has 0 saturated carbocycles. The van der Waals surface area contributed by atoms with E-state index in [9.17, 15) is 28.8 Å². The minimum absolute atomic E-state index is 0.117. The zero-order valence-electron chi connectivity index (χ0n) is 71.1. The van der Waals surface area contributed by atoms with Crippen LogP contribution in [0.1, 0.15) is 104 Å². The second kappa shape index (κ2) is 55.1. The lowest BCUT2D eigenvalue weighted by atomic mass is 10.2. The molecule has 0 fully saturated rings. The van der Waals surface area contributed by atoms with Gasteiger partial charge in [0.15, 0.2) is 30.9 Å². The predicted molar refractivity (Wildman–Crippen MR) is 502 cm³/mol. The van der Waals surface area contributed by atoms with Gasteiger partial charge < -0.3 is 50.7 Å². The highest BCUT2D eigenvalue weighted by molar-refractivity contribution is 7.99. The van der Waals surface area contributed by atoms with Crippen LogP contribution >= 0.6 is 163 Å². The van der Waals surface area contributed by atoms with Crippen molar-refractivity contribution in [3.63, 3.8) is 0 Å². The highest BCUT2D eigenvalue weighted by atomic mass is 35.5. The fraction of sp³-hybridized carbons (Fsp3) is 0.268. The summed E-state index contributed by atoms with van der Waals surface area (Å²) in [6, 6.07) is 9.48. The summed E-state index contributed by atoms with van der Waals surface area (Å²) in [4.78, 5) is 141. The molecule has 0 amide bonds. The van der Waals surface area contributed by atoms with Gasteiger partial charge in [0.25, 0.3) is 0 Å². The zero-order chi connectivity index (χ0) is 95.3. The third-order valence-corrected chi connectivity index (χ3v) is 23.6. The summed E-state index contributed by atoms with van der Waals surface area (Å²) >= 11 is 57.1. The first kappa shape index (κ1) is 107. The molecule has 12 heterocycles. The Morgan fingerprint density at radius 3 is 0.615 bits per heavy atom. The number of nitrogens with zero attached hydrogens (tertiary/aromatic N) is 18. The molecule has 684 valence electrons. The number of nitrogens with two attached hydrogens (primary N) is 3. The number of aromatic nitrogens is 18. The van der Waals surface area contributed by atoms with Crippen molar-refractivity contribution in [2.24, 2.45) is 17.2 Å². The van der Waals surface area contributed by atoms with E-state index < -0.39 is 42.4 Å². The Morgan fingerprint density at radius 2 is 0.438 bits per heavy atom. The number of pyridine rings is 6. The molecule has 0 aromatic carbocycles. The van der Waals surface area contributed by atoms with Crippen LogP contribution in [0.5, 0.6) is 35.3 Å². The largest absolute Gasteiger partial charge is 0.407 e. The second-order valence-electron chi connectivity index (χ2n) is 26.2. The van der Waals surface area contributed by atoms with Crippen molar-refractivity contribution in [3.8, 4) is 35.3 Å². The van der Waals surface area contributed by atoms with Crippen molar-refractivity contribution < 1.29 is 62.3 Å². The van der Waals surface area contributed by atoms with Crippen LogP contribution in [0.25, 0.3) is 0 Å². The molecule has 12 aromatic rings. The van der Waals surface area contributed by atoms with Crippen LogP contribution in [0.3, 0.4) is 0 Å². The Balaban J connectivity index is 0.000000213. The first-order chi connectivity index (χ1) is 61.9. The van der Waals surface area contributed by atoms with Crippen LogP contribution in [0.15, 0.2) is 142 Å². The van der Waals surface area contributed by atoms with E-state index in [1.807, 2.05) is 34.6 Å². The molecule has 12 rings (SSSR count). The van der Waals surface area contributed by atoms with Gasteiger partial charge in [-0.3, -0.25) is 53.9 Å². The summed E-state index contributed by atoms with van der Waals surface area (Å²) in [5.41, 5.74) is 29.3. The average molecular weight is 2040 g/mol. The number of carbonyl (C=O) groups is 6. The number of esters is 6. The van der Waals surface area contributed by atoms with Gasteiger partial charge in [0.1, 0.15) is 6.61 Å². The Labute approximate surface area is 812 Å². The van der Waals surface area contributed by atoms with Crippen molar-refractivity contribution in [1.29, 1.82) is 0 Å². The van der Waals surface area contributed by atoms with Crippen molar-refractivity contribution >= 4 is 199 Å². The van der Waals surface area contributed by atoms with E-state index in [0.717, 1.165) is 61.3 Å². The molecule has 0 spiro atoms. The topological polar surface area (TPSA) is 488 Å². The fourth-order valence-corrected chi connectivity index (χ4v) is 18.3. The third-order valence-electron chi connectivity index (χ3n) is 15.7. The summed E-state index contributed by atoms with van der Waals surface area (Å²) in [5, 5.41) is 16.0. The Kier molecular flexibility index (Phi) is 45.5. The van der Waals surface area contributed by atoms with Gasteiger partial charge in [0, 0.05) is 204 Å². The lowest BCUT2D eigenvalue weighted by Gasteiger charge is -2.08. The maximum absolute atomic E-state index is 11.2. The van der Waals surface area contributed by atoms with Crippen molar-refractivity contribution in [1.82, 2.24) is 89.7 Å². The number of hydrogen-bond acceptors (Lipinski definition) is 40. The highest BCUT2D eigenvalue weighted by Crippen LogP contribution is 2.36. The molecule has 130 heavy (non-hydrogen) atoms. The second-order valence-corrected chi connectivity index (χ2v) is 35.1. The quantitative estimate of drug-likeness (QED) is 0.0201. The van der Waals surface area contributed by atoms with E-state index >= 15 is 0 Å². The normalized spacial score (nSPS) is 10.5. The van der Waals surface area contributed by atoms with Gasteiger partial charge in [-0.15, -0.1) is 0 Å². The number of ether oxygens (including phenoxy) is 6. The van der Waals surface area contributed by atoms with E-state index in [-0.39, 0.29) is 54.9 Å². The van der Waals surface area contributed by atoms with E-state index in [4.69, 9.17) is 144 Å². The molecular weight excluding hydrogens is 1960 g/mol. The number of aryl methyl sites for hydroxylation is 10. The summed E-state index contributed by atoms with van der Waals surface area (Å²) in [5.74, 6) is 1.27. The highest BCUT2D eigenvalue weighted by Gasteiger charge is 2.19. The lowest BCUT2D eigenvalue weighted by Crippen LogP contribution is -2.20. The lowest BCUT2D eigenvalue weighted by molar-refractivity contribution is -0.138. The fourth-order valence-electron chi connectivity index (χ4n) is 9.64. The number of aliphatic hydroxyl groups excluding tert-OH is 1. The molecule has 0 saturated heterocycles. The van der Waals surface area contributed by atoms with E-state index in [1.165, 1.54) is 115 Å². The zero-order valence-corrected chi connectivity index (χ0v) is 82.0. The Hall–Kier alpha value is -9.54. The standard InChI is InChI=1S/2C14H15ClN4O2S.C14H14ClN3O3S.C14H14ClN3O2S.C13H12Cl2N4O2S.C13H11Cl2N3O2S/c2*1-8-5-17-6-11(15)10(8)7-22-14-18-9(2)3-12(19-14)21-13(20)4-16;1-8-4-16-5-11(15)10(8)7-22-14-17-9(2)3-12(18-14)21-13(20)6-19;1-8-5-16-6-12(15)11(8)7-21-14-17-9(2)4-13(18-14)20-10(3)19;1-7-2-11(21-12(20)3-16)19-13(18-7)22-6-8-9(14)4-17-5-10(8)15;1-7-3-12(20-8(2)19)18-13(17-7)21-6-9-10(14)4-16-5-11(9)15/h2*3,5-6H,4,7,16H2,1-2H3;3-5,19H,6-7H2,1-2H3;4-6H,7H2,1-3H3;2,4-5H,3,6,16H2,1H3;3-5H,6H2,1-2H3. The minimum Gasteiger partial charge on any atom is -0.407 e. The van der Waals surface area contributed by atoms with Gasteiger partial charge in [-0.05, 0) is 114 Å². The molecule has 0 bridgehead atoms. The molecule has 34 nitrogen and oxygen atoms in total. The number of hydrogen-bond donors (Lipinski definition) is 4. The Bertz CT molecular complexity index is 5270. The molecule has 0 aliphatic rings. The smallest absolute Gasteiger partial charge is 0.338 e. The van der Waals surface area contributed by atoms with E-state index in [2.05, 4.69) is 89.7 Å². The Morgan fingerprint density at radius 1 is 0.269 bits per heavy atom. The molecule has 0 unspecified atom stereocenters. The van der Waals surface area contributed by atoms with E-state index in [0.29, 0.717) is 134 Å². The molecule has 12 aromatic heterocycles. The van der Waals surface area contributed by atoms with E-state index in [1.54, 1.807) is 115 Å². The number of carbonyl (C=O) groups excluding carboxylic acids is 6. The molecule has 0 aliphatic carbocycles. The van der Waals surface area contributed by atoms with Crippen LogP contribution in [-0.4, -0.2) is 157 Å². The van der Waals surface area contributed by atoms with Crippen LogP contribution < -0.4 is 45.6 Å². The van der Waals surface area contributed by atoms with Gasteiger partial charge in [0.05, 0.1) is 59.8 Å². The maximum Gasteiger partial charge on any atom is 0.338 e. The van der Waals surface area contributed by atoms with Gasteiger partial charge in [-0.2, -0.15) is 29.9 Å². The van der Waals surface area contributed by atoms with Crippen LogP contribution in [0, 0.1) is 69.2 Å². The maximum atomic E-state index is 11.2.